The predicted molar refractivity (Wildman–Crippen MR) is 81.7 cm³/mol. The number of rotatable bonds is 5. The lowest BCUT2D eigenvalue weighted by molar-refractivity contribution is -0.384. The fraction of sp³-hybridized carbons (Fsp3) is 0.133. The number of benzene rings is 2. The molecule has 0 atom stereocenters. The molecule has 0 unspecified atom stereocenters. The van der Waals surface area contributed by atoms with Gasteiger partial charge in [-0.25, -0.2) is 0 Å². The van der Waals surface area contributed by atoms with Gasteiger partial charge in [0.15, 0.2) is 0 Å². The van der Waals surface area contributed by atoms with Gasteiger partial charge < -0.3 is 10.6 Å². The smallest absolute Gasteiger partial charge is 0.271 e. The fourth-order valence-corrected chi connectivity index (χ4v) is 1.92. The van der Waals surface area contributed by atoms with Gasteiger partial charge in [-0.2, -0.15) is 0 Å². The zero-order chi connectivity index (χ0) is 15.2. The van der Waals surface area contributed by atoms with Crippen molar-refractivity contribution >= 4 is 23.0 Å². The summed E-state index contributed by atoms with van der Waals surface area (Å²) in [7, 11) is 0. The van der Waals surface area contributed by atoms with Crippen LogP contribution in [-0.4, -0.2) is 17.4 Å². The maximum Gasteiger partial charge on any atom is 0.271 e. The van der Waals surface area contributed by atoms with Crippen LogP contribution in [0, 0.1) is 10.1 Å². The largest absolute Gasteiger partial charge is 0.385 e. The monoisotopic (exact) mass is 285 g/mol. The fourth-order valence-electron chi connectivity index (χ4n) is 1.92. The molecule has 0 radical (unpaired) electrons. The van der Waals surface area contributed by atoms with Crippen LogP contribution < -0.4 is 10.6 Å². The Kier molecular flexibility index (Phi) is 4.50. The average Bonchev–Trinajstić information content (AvgIpc) is 2.48. The van der Waals surface area contributed by atoms with Crippen molar-refractivity contribution in [1.29, 1.82) is 0 Å². The molecular formula is C15H15N3O3. The molecule has 0 saturated carbocycles. The lowest BCUT2D eigenvalue weighted by atomic mass is 10.1. The molecule has 2 aromatic carbocycles. The molecule has 6 heteroatoms. The van der Waals surface area contributed by atoms with Gasteiger partial charge in [0.05, 0.1) is 10.5 Å². The summed E-state index contributed by atoms with van der Waals surface area (Å²) in [5.74, 6) is -0.313. The molecule has 0 aliphatic rings. The Balaban J connectivity index is 2.22. The quantitative estimate of drug-likeness (QED) is 0.652. The highest BCUT2D eigenvalue weighted by molar-refractivity contribution is 6.08. The number of amides is 1. The Morgan fingerprint density at radius 1 is 1.19 bits per heavy atom. The highest BCUT2D eigenvalue weighted by Gasteiger charge is 2.12. The van der Waals surface area contributed by atoms with Gasteiger partial charge in [0.1, 0.15) is 0 Å². The van der Waals surface area contributed by atoms with Crippen LogP contribution in [0.15, 0.2) is 48.5 Å². The third-order valence-corrected chi connectivity index (χ3v) is 2.85. The van der Waals surface area contributed by atoms with Gasteiger partial charge in [-0.05, 0) is 25.1 Å². The van der Waals surface area contributed by atoms with E-state index in [-0.39, 0.29) is 11.6 Å². The predicted octanol–water partition coefficient (Wildman–Crippen LogP) is 3.28. The highest BCUT2D eigenvalue weighted by atomic mass is 16.6. The zero-order valence-corrected chi connectivity index (χ0v) is 11.5. The lowest BCUT2D eigenvalue weighted by Crippen LogP contribution is -2.14. The molecule has 108 valence electrons. The molecule has 0 aliphatic heterocycles. The summed E-state index contributed by atoms with van der Waals surface area (Å²) in [6.07, 6.45) is 0. The van der Waals surface area contributed by atoms with E-state index in [0.29, 0.717) is 17.8 Å². The Bertz CT molecular complexity index is 671. The third kappa shape index (κ3) is 3.56. The SMILES string of the molecule is CCNc1ccccc1C(=O)Nc1cccc([N+](=O)[O-])c1. The van der Waals surface area contributed by atoms with E-state index in [0.717, 1.165) is 5.69 Å². The van der Waals surface area contributed by atoms with Crippen molar-refractivity contribution in [1.82, 2.24) is 0 Å². The summed E-state index contributed by atoms with van der Waals surface area (Å²) in [5.41, 5.74) is 1.54. The van der Waals surface area contributed by atoms with E-state index in [2.05, 4.69) is 10.6 Å². The molecule has 0 aromatic heterocycles. The van der Waals surface area contributed by atoms with Crippen molar-refractivity contribution in [3.8, 4) is 0 Å². The third-order valence-electron chi connectivity index (χ3n) is 2.85. The second-order valence-electron chi connectivity index (χ2n) is 4.34. The molecule has 0 spiro atoms. The van der Waals surface area contributed by atoms with Crippen molar-refractivity contribution in [3.63, 3.8) is 0 Å². The molecule has 2 N–H and O–H groups in total. The molecule has 0 heterocycles. The summed E-state index contributed by atoms with van der Waals surface area (Å²) in [6.45, 7) is 2.64. The molecule has 0 saturated heterocycles. The first-order chi connectivity index (χ1) is 10.1. The average molecular weight is 285 g/mol. The summed E-state index contributed by atoms with van der Waals surface area (Å²) >= 11 is 0. The molecular weight excluding hydrogens is 270 g/mol. The van der Waals surface area contributed by atoms with Gasteiger partial charge in [0.2, 0.25) is 0 Å². The zero-order valence-electron chi connectivity index (χ0n) is 11.5. The Labute approximate surface area is 121 Å². The van der Waals surface area contributed by atoms with E-state index in [1.165, 1.54) is 18.2 Å². The number of para-hydroxylation sites is 1. The second-order valence-corrected chi connectivity index (χ2v) is 4.34. The molecule has 2 aromatic rings. The van der Waals surface area contributed by atoms with E-state index in [1.807, 2.05) is 19.1 Å². The first-order valence-corrected chi connectivity index (χ1v) is 6.50. The van der Waals surface area contributed by atoms with Crippen molar-refractivity contribution in [2.24, 2.45) is 0 Å². The Morgan fingerprint density at radius 2 is 1.95 bits per heavy atom. The van der Waals surface area contributed by atoms with E-state index in [1.54, 1.807) is 18.2 Å². The number of hydrogen-bond donors (Lipinski definition) is 2. The molecule has 21 heavy (non-hydrogen) atoms. The number of nitro benzene ring substituents is 1. The van der Waals surface area contributed by atoms with Crippen molar-refractivity contribution in [2.75, 3.05) is 17.2 Å². The second kappa shape index (κ2) is 6.51. The van der Waals surface area contributed by atoms with Crippen LogP contribution in [-0.2, 0) is 0 Å². The minimum atomic E-state index is -0.498. The number of hydrogen-bond acceptors (Lipinski definition) is 4. The van der Waals surface area contributed by atoms with E-state index in [9.17, 15) is 14.9 Å². The maximum absolute atomic E-state index is 12.3. The number of nitro groups is 1. The minimum absolute atomic E-state index is 0.0623. The first-order valence-electron chi connectivity index (χ1n) is 6.50. The number of nitrogens with zero attached hydrogens (tertiary/aromatic N) is 1. The number of nitrogens with one attached hydrogen (secondary N) is 2. The van der Waals surface area contributed by atoms with Crippen LogP contribution in [0.2, 0.25) is 0 Å². The van der Waals surface area contributed by atoms with Crippen molar-refractivity contribution in [3.05, 3.63) is 64.2 Å². The minimum Gasteiger partial charge on any atom is -0.385 e. The lowest BCUT2D eigenvalue weighted by Gasteiger charge is -2.10. The summed E-state index contributed by atoms with van der Waals surface area (Å²) in [6, 6.07) is 13.0. The maximum atomic E-state index is 12.3. The Hall–Kier alpha value is -2.89. The number of carbonyl (C=O) groups excluding carboxylic acids is 1. The molecule has 6 nitrogen and oxygen atoms in total. The summed E-state index contributed by atoms with van der Waals surface area (Å²) < 4.78 is 0. The number of carbonyl (C=O) groups is 1. The van der Waals surface area contributed by atoms with Crippen LogP contribution in [0.4, 0.5) is 17.1 Å². The number of anilines is 2. The topological polar surface area (TPSA) is 84.3 Å². The van der Waals surface area contributed by atoms with Gasteiger partial charge >= 0.3 is 0 Å². The van der Waals surface area contributed by atoms with Gasteiger partial charge in [0, 0.05) is 30.1 Å². The molecule has 1 amide bonds. The van der Waals surface area contributed by atoms with Crippen molar-refractivity contribution < 1.29 is 9.72 Å². The van der Waals surface area contributed by atoms with Crippen LogP contribution in [0.5, 0.6) is 0 Å². The van der Waals surface area contributed by atoms with Crippen LogP contribution in [0.25, 0.3) is 0 Å². The first kappa shape index (κ1) is 14.5. The normalized spacial score (nSPS) is 9.95. The highest BCUT2D eigenvalue weighted by Crippen LogP contribution is 2.20. The van der Waals surface area contributed by atoms with Crippen LogP contribution >= 0.6 is 0 Å². The molecule has 0 fully saturated rings. The summed E-state index contributed by atoms with van der Waals surface area (Å²) in [4.78, 5) is 22.5. The van der Waals surface area contributed by atoms with Gasteiger partial charge in [-0.15, -0.1) is 0 Å². The van der Waals surface area contributed by atoms with Crippen LogP contribution in [0.1, 0.15) is 17.3 Å². The van der Waals surface area contributed by atoms with E-state index in [4.69, 9.17) is 0 Å². The number of non-ortho nitro benzene ring substituents is 1. The van der Waals surface area contributed by atoms with Gasteiger partial charge in [-0.3, -0.25) is 14.9 Å². The van der Waals surface area contributed by atoms with E-state index < -0.39 is 4.92 Å². The standard InChI is InChI=1S/C15H15N3O3/c1-2-16-14-9-4-3-8-13(14)15(19)17-11-6-5-7-12(10-11)18(20)21/h3-10,16H,2H2,1H3,(H,17,19). The van der Waals surface area contributed by atoms with Gasteiger partial charge in [-0.1, -0.05) is 18.2 Å². The van der Waals surface area contributed by atoms with Crippen molar-refractivity contribution in [2.45, 2.75) is 6.92 Å². The van der Waals surface area contributed by atoms with Crippen LogP contribution in [0.3, 0.4) is 0 Å². The van der Waals surface area contributed by atoms with E-state index >= 15 is 0 Å². The summed E-state index contributed by atoms with van der Waals surface area (Å²) in [5, 5.41) is 16.5. The molecule has 0 aliphatic carbocycles. The molecule has 0 bridgehead atoms. The Morgan fingerprint density at radius 3 is 2.67 bits per heavy atom. The van der Waals surface area contributed by atoms with Gasteiger partial charge in [0.25, 0.3) is 11.6 Å². The molecule has 2 rings (SSSR count).